The number of nitrogens with one attached hydrogen (secondary N) is 1. The van der Waals surface area contributed by atoms with Gasteiger partial charge in [-0.25, -0.2) is 9.18 Å². The van der Waals surface area contributed by atoms with Gasteiger partial charge >= 0.3 is 5.97 Å². The normalized spacial score (nSPS) is 10.5. The molecular weight excluding hydrogens is 337 g/mol. The maximum absolute atomic E-state index is 13.4. The average Bonchev–Trinajstić information content (AvgIpc) is 2.61. The number of anilines is 1. The highest BCUT2D eigenvalue weighted by Gasteiger charge is 2.12. The number of hydrogen-bond donors (Lipinski definition) is 1. The molecule has 0 aliphatic carbocycles. The largest absolute Gasteiger partial charge is 0.482 e. The molecule has 1 amide bonds. The van der Waals surface area contributed by atoms with Gasteiger partial charge in [0.25, 0.3) is 5.91 Å². The van der Waals surface area contributed by atoms with Crippen LogP contribution < -0.4 is 10.1 Å². The van der Waals surface area contributed by atoms with Gasteiger partial charge in [-0.1, -0.05) is 38.1 Å². The fraction of sp³-hybridized carbons (Fsp3) is 0.300. The highest BCUT2D eigenvalue weighted by Crippen LogP contribution is 2.25. The van der Waals surface area contributed by atoms with E-state index >= 15 is 0 Å². The zero-order chi connectivity index (χ0) is 19.1. The van der Waals surface area contributed by atoms with Crippen molar-refractivity contribution in [1.29, 1.82) is 0 Å². The van der Waals surface area contributed by atoms with Crippen LogP contribution in [0.2, 0.25) is 0 Å². The highest BCUT2D eigenvalue weighted by atomic mass is 19.1. The Morgan fingerprint density at radius 3 is 2.54 bits per heavy atom. The van der Waals surface area contributed by atoms with Gasteiger partial charge in [-0.15, -0.1) is 0 Å². The third kappa shape index (κ3) is 5.58. The molecule has 2 aromatic carbocycles. The van der Waals surface area contributed by atoms with Gasteiger partial charge in [0, 0.05) is 5.69 Å². The van der Waals surface area contributed by atoms with E-state index in [1.54, 1.807) is 25.1 Å². The predicted molar refractivity (Wildman–Crippen MR) is 96.8 cm³/mol. The SMILES string of the molecule is Cc1ccc(NC(=O)COC(=O)COc2ccccc2C(C)C)cc1F. The van der Waals surface area contributed by atoms with Crippen LogP contribution in [0, 0.1) is 12.7 Å². The zero-order valence-corrected chi connectivity index (χ0v) is 15.0. The first-order valence-corrected chi connectivity index (χ1v) is 8.30. The number of halogens is 1. The number of para-hydroxylation sites is 1. The summed E-state index contributed by atoms with van der Waals surface area (Å²) in [5.41, 5.74) is 1.77. The van der Waals surface area contributed by atoms with Gasteiger partial charge in [-0.05, 0) is 42.2 Å². The molecule has 26 heavy (non-hydrogen) atoms. The van der Waals surface area contributed by atoms with Crippen LogP contribution in [0.15, 0.2) is 42.5 Å². The maximum atomic E-state index is 13.4. The first kappa shape index (κ1) is 19.4. The molecule has 0 spiro atoms. The molecule has 2 aromatic rings. The minimum absolute atomic E-state index is 0.253. The van der Waals surface area contributed by atoms with E-state index in [2.05, 4.69) is 5.32 Å². The van der Waals surface area contributed by atoms with E-state index < -0.39 is 24.3 Å². The molecule has 0 aliphatic heterocycles. The summed E-state index contributed by atoms with van der Waals surface area (Å²) in [7, 11) is 0. The minimum atomic E-state index is -0.659. The van der Waals surface area contributed by atoms with Crippen molar-refractivity contribution in [2.75, 3.05) is 18.5 Å². The summed E-state index contributed by atoms with van der Waals surface area (Å²) in [6, 6.07) is 11.8. The quantitative estimate of drug-likeness (QED) is 0.764. The third-order valence-electron chi connectivity index (χ3n) is 3.71. The Balaban J connectivity index is 1.79. The van der Waals surface area contributed by atoms with Crippen molar-refractivity contribution in [2.45, 2.75) is 26.7 Å². The average molecular weight is 359 g/mol. The smallest absolute Gasteiger partial charge is 0.344 e. The van der Waals surface area contributed by atoms with Gasteiger partial charge in [0.1, 0.15) is 11.6 Å². The molecule has 1 N–H and O–H groups in total. The van der Waals surface area contributed by atoms with Gasteiger partial charge in [0.15, 0.2) is 13.2 Å². The van der Waals surface area contributed by atoms with E-state index in [1.807, 2.05) is 32.0 Å². The fourth-order valence-electron chi connectivity index (χ4n) is 2.28. The van der Waals surface area contributed by atoms with Gasteiger partial charge in [0.05, 0.1) is 0 Å². The molecule has 0 bridgehead atoms. The van der Waals surface area contributed by atoms with Gasteiger partial charge in [-0.2, -0.15) is 0 Å². The fourth-order valence-corrected chi connectivity index (χ4v) is 2.28. The lowest BCUT2D eigenvalue weighted by Gasteiger charge is -2.13. The Labute approximate surface area is 152 Å². The molecule has 0 heterocycles. The van der Waals surface area contributed by atoms with Crippen molar-refractivity contribution in [1.82, 2.24) is 0 Å². The molecule has 0 atom stereocenters. The molecule has 0 aliphatic rings. The van der Waals surface area contributed by atoms with Crippen molar-refractivity contribution in [3.05, 3.63) is 59.4 Å². The first-order valence-electron chi connectivity index (χ1n) is 8.30. The minimum Gasteiger partial charge on any atom is -0.482 e. The van der Waals surface area contributed by atoms with E-state index in [9.17, 15) is 14.0 Å². The van der Waals surface area contributed by atoms with E-state index in [4.69, 9.17) is 9.47 Å². The molecule has 6 heteroatoms. The Kier molecular flexibility index (Phi) is 6.72. The summed E-state index contributed by atoms with van der Waals surface area (Å²) in [5, 5.41) is 2.47. The topological polar surface area (TPSA) is 64.6 Å². The molecular formula is C20H22FNO4. The number of hydrogen-bond acceptors (Lipinski definition) is 4. The van der Waals surface area contributed by atoms with Crippen LogP contribution in [0.25, 0.3) is 0 Å². The van der Waals surface area contributed by atoms with Crippen LogP contribution in [-0.4, -0.2) is 25.1 Å². The van der Waals surface area contributed by atoms with Crippen LogP contribution in [-0.2, 0) is 14.3 Å². The summed E-state index contributed by atoms with van der Waals surface area (Å²) >= 11 is 0. The molecule has 2 rings (SSSR count). The van der Waals surface area contributed by atoms with Crippen molar-refractivity contribution < 1.29 is 23.5 Å². The standard InChI is InChI=1S/C20H22FNO4/c1-13(2)16-6-4-5-7-18(16)25-12-20(24)26-11-19(23)22-15-9-8-14(3)17(21)10-15/h4-10,13H,11-12H2,1-3H3,(H,22,23). The molecule has 0 unspecified atom stereocenters. The second-order valence-electron chi connectivity index (χ2n) is 6.15. The van der Waals surface area contributed by atoms with Crippen molar-refractivity contribution in [2.24, 2.45) is 0 Å². The Morgan fingerprint density at radius 1 is 1.12 bits per heavy atom. The Hall–Kier alpha value is -2.89. The predicted octanol–water partition coefficient (Wildman–Crippen LogP) is 3.82. The maximum Gasteiger partial charge on any atom is 0.344 e. The summed E-state index contributed by atoms with van der Waals surface area (Å²) in [6.45, 7) is 4.91. The zero-order valence-electron chi connectivity index (χ0n) is 15.0. The van der Waals surface area contributed by atoms with Gasteiger partial charge in [-0.3, -0.25) is 4.79 Å². The second-order valence-corrected chi connectivity index (χ2v) is 6.15. The van der Waals surface area contributed by atoms with E-state index in [1.165, 1.54) is 6.07 Å². The van der Waals surface area contributed by atoms with Gasteiger partial charge < -0.3 is 14.8 Å². The summed E-state index contributed by atoms with van der Waals surface area (Å²) < 4.78 is 23.8. The Bertz CT molecular complexity index is 789. The number of carbonyl (C=O) groups is 2. The van der Waals surface area contributed by atoms with Crippen molar-refractivity contribution in [3.8, 4) is 5.75 Å². The second kappa shape index (κ2) is 8.99. The number of amides is 1. The van der Waals surface area contributed by atoms with E-state index in [0.717, 1.165) is 5.56 Å². The summed E-state index contributed by atoms with van der Waals surface area (Å²) in [5.74, 6) is -0.767. The first-order chi connectivity index (χ1) is 12.4. The number of carbonyl (C=O) groups excluding carboxylic acids is 2. The molecule has 5 nitrogen and oxygen atoms in total. The van der Waals surface area contributed by atoms with Crippen LogP contribution in [0.3, 0.4) is 0 Å². The molecule has 138 valence electrons. The van der Waals surface area contributed by atoms with Crippen LogP contribution in [0.4, 0.5) is 10.1 Å². The number of rotatable bonds is 7. The highest BCUT2D eigenvalue weighted by molar-refractivity contribution is 5.92. The van der Waals surface area contributed by atoms with E-state index in [0.29, 0.717) is 17.0 Å². The summed E-state index contributed by atoms with van der Waals surface area (Å²) in [4.78, 5) is 23.5. The lowest BCUT2D eigenvalue weighted by atomic mass is 10.0. The van der Waals surface area contributed by atoms with Crippen LogP contribution in [0.5, 0.6) is 5.75 Å². The van der Waals surface area contributed by atoms with Crippen LogP contribution in [0.1, 0.15) is 30.9 Å². The number of benzene rings is 2. The monoisotopic (exact) mass is 359 g/mol. The van der Waals surface area contributed by atoms with Gasteiger partial charge in [0.2, 0.25) is 0 Å². The van der Waals surface area contributed by atoms with Crippen LogP contribution >= 0.6 is 0 Å². The molecule has 0 saturated heterocycles. The molecule has 0 fully saturated rings. The van der Waals surface area contributed by atoms with Crippen molar-refractivity contribution in [3.63, 3.8) is 0 Å². The molecule has 0 aromatic heterocycles. The third-order valence-corrected chi connectivity index (χ3v) is 3.71. The number of ether oxygens (including phenoxy) is 2. The van der Waals surface area contributed by atoms with Crippen molar-refractivity contribution >= 4 is 17.6 Å². The lowest BCUT2D eigenvalue weighted by molar-refractivity contribution is -0.149. The van der Waals surface area contributed by atoms with E-state index in [-0.39, 0.29) is 12.5 Å². The lowest BCUT2D eigenvalue weighted by Crippen LogP contribution is -2.23. The molecule has 0 saturated carbocycles. The number of esters is 1. The summed E-state index contributed by atoms with van der Waals surface area (Å²) in [6.07, 6.45) is 0. The molecule has 0 radical (unpaired) electrons. The Morgan fingerprint density at radius 2 is 1.85 bits per heavy atom. The number of aryl methyl sites for hydroxylation is 1.